The van der Waals surface area contributed by atoms with Gasteiger partial charge in [0.1, 0.15) is 12.2 Å². The van der Waals surface area contributed by atoms with Crippen molar-refractivity contribution in [3.05, 3.63) is 12.2 Å². The Morgan fingerprint density at radius 3 is 3.00 bits per heavy atom. The Kier molecular flexibility index (Phi) is 2.82. The minimum atomic E-state index is 0.673. The Labute approximate surface area is 84.7 Å². The lowest BCUT2D eigenvalue weighted by molar-refractivity contribution is 0.416. The van der Waals surface area contributed by atoms with Crippen molar-refractivity contribution >= 4 is 0 Å². The quantitative estimate of drug-likeness (QED) is 0.783. The Hall–Kier alpha value is -0.900. The maximum atomic E-state index is 4.19. The molecule has 0 radical (unpaired) electrons. The number of nitrogens with one attached hydrogen (secondary N) is 1. The number of aryl methyl sites for hydroxylation is 1. The molecule has 1 saturated carbocycles. The van der Waals surface area contributed by atoms with E-state index in [1.165, 1.54) is 19.3 Å². The summed E-state index contributed by atoms with van der Waals surface area (Å²) in [6, 6.07) is 0.673. The molecule has 2 rings (SSSR count). The summed E-state index contributed by atoms with van der Waals surface area (Å²) in [7, 11) is 1.93. The molecule has 1 heterocycles. The van der Waals surface area contributed by atoms with E-state index < -0.39 is 0 Å². The standard InChI is InChI=1S/C10H18N4/c1-8-4-3-5-9(8)11-6-10-12-7-13-14(10)2/h7-9,11H,3-6H2,1-2H3. The van der Waals surface area contributed by atoms with E-state index in [0.717, 1.165) is 18.3 Å². The second kappa shape index (κ2) is 4.09. The van der Waals surface area contributed by atoms with Gasteiger partial charge in [-0.25, -0.2) is 4.98 Å². The highest BCUT2D eigenvalue weighted by Gasteiger charge is 2.22. The zero-order valence-corrected chi connectivity index (χ0v) is 8.90. The monoisotopic (exact) mass is 194 g/mol. The maximum Gasteiger partial charge on any atom is 0.140 e. The maximum absolute atomic E-state index is 4.19. The van der Waals surface area contributed by atoms with Crippen LogP contribution in [0.1, 0.15) is 32.0 Å². The van der Waals surface area contributed by atoms with Gasteiger partial charge in [0, 0.05) is 13.1 Å². The Bertz CT molecular complexity index is 294. The van der Waals surface area contributed by atoms with E-state index in [0.29, 0.717) is 6.04 Å². The summed E-state index contributed by atoms with van der Waals surface area (Å²) in [4.78, 5) is 4.19. The van der Waals surface area contributed by atoms with E-state index in [-0.39, 0.29) is 0 Å². The molecule has 4 heteroatoms. The van der Waals surface area contributed by atoms with Crippen molar-refractivity contribution < 1.29 is 0 Å². The van der Waals surface area contributed by atoms with Crippen molar-refractivity contribution in [1.82, 2.24) is 20.1 Å². The molecule has 1 aliphatic carbocycles. The zero-order valence-electron chi connectivity index (χ0n) is 8.90. The Morgan fingerprint density at radius 1 is 1.57 bits per heavy atom. The van der Waals surface area contributed by atoms with Gasteiger partial charge in [0.15, 0.2) is 0 Å². The highest BCUT2D eigenvalue weighted by atomic mass is 15.3. The van der Waals surface area contributed by atoms with E-state index in [1.807, 2.05) is 11.7 Å². The van der Waals surface area contributed by atoms with Crippen LogP contribution in [0.4, 0.5) is 0 Å². The molecule has 14 heavy (non-hydrogen) atoms. The normalized spacial score (nSPS) is 27.0. The fourth-order valence-corrected chi connectivity index (χ4v) is 2.15. The minimum Gasteiger partial charge on any atom is -0.307 e. The second-order valence-corrected chi connectivity index (χ2v) is 4.20. The van der Waals surface area contributed by atoms with Crippen LogP contribution < -0.4 is 5.32 Å². The van der Waals surface area contributed by atoms with Crippen LogP contribution in [0.5, 0.6) is 0 Å². The molecule has 1 aliphatic rings. The van der Waals surface area contributed by atoms with Crippen LogP contribution in [-0.2, 0) is 13.6 Å². The topological polar surface area (TPSA) is 42.7 Å². The third-order valence-corrected chi connectivity index (χ3v) is 3.19. The molecule has 0 spiro atoms. The largest absolute Gasteiger partial charge is 0.307 e. The summed E-state index contributed by atoms with van der Waals surface area (Å²) < 4.78 is 1.83. The molecule has 78 valence electrons. The van der Waals surface area contributed by atoms with Crippen molar-refractivity contribution in [2.75, 3.05) is 0 Å². The van der Waals surface area contributed by atoms with Gasteiger partial charge >= 0.3 is 0 Å². The molecule has 0 amide bonds. The summed E-state index contributed by atoms with van der Waals surface area (Å²) in [6.07, 6.45) is 5.63. The van der Waals surface area contributed by atoms with Crippen LogP contribution in [0.25, 0.3) is 0 Å². The second-order valence-electron chi connectivity index (χ2n) is 4.20. The molecule has 1 N–H and O–H groups in total. The van der Waals surface area contributed by atoms with Crippen LogP contribution in [0.3, 0.4) is 0 Å². The van der Waals surface area contributed by atoms with Crippen LogP contribution in [0, 0.1) is 5.92 Å². The van der Waals surface area contributed by atoms with Gasteiger partial charge in [-0.05, 0) is 18.8 Å². The Balaban J connectivity index is 1.85. The molecule has 2 atom stereocenters. The predicted molar refractivity (Wildman–Crippen MR) is 54.6 cm³/mol. The smallest absolute Gasteiger partial charge is 0.140 e. The fraction of sp³-hybridized carbons (Fsp3) is 0.800. The van der Waals surface area contributed by atoms with Gasteiger partial charge in [0.25, 0.3) is 0 Å². The highest BCUT2D eigenvalue weighted by Crippen LogP contribution is 2.24. The molecule has 2 unspecified atom stereocenters. The summed E-state index contributed by atoms with van der Waals surface area (Å²) in [5, 5.41) is 7.60. The van der Waals surface area contributed by atoms with Crippen molar-refractivity contribution in [2.24, 2.45) is 13.0 Å². The van der Waals surface area contributed by atoms with Crippen LogP contribution >= 0.6 is 0 Å². The summed E-state index contributed by atoms with van der Waals surface area (Å²) >= 11 is 0. The molecule has 0 saturated heterocycles. The van der Waals surface area contributed by atoms with E-state index in [1.54, 1.807) is 6.33 Å². The first-order chi connectivity index (χ1) is 6.77. The van der Waals surface area contributed by atoms with E-state index in [9.17, 15) is 0 Å². The van der Waals surface area contributed by atoms with Gasteiger partial charge in [0.2, 0.25) is 0 Å². The first-order valence-corrected chi connectivity index (χ1v) is 5.33. The average molecular weight is 194 g/mol. The number of hydrogen-bond acceptors (Lipinski definition) is 3. The van der Waals surface area contributed by atoms with Gasteiger partial charge in [-0.1, -0.05) is 13.3 Å². The molecule has 1 fully saturated rings. The molecular formula is C10H18N4. The number of rotatable bonds is 3. The van der Waals surface area contributed by atoms with Gasteiger partial charge < -0.3 is 5.32 Å². The first kappa shape index (κ1) is 9.65. The van der Waals surface area contributed by atoms with Crippen LogP contribution in [-0.4, -0.2) is 20.8 Å². The lowest BCUT2D eigenvalue weighted by Gasteiger charge is -2.16. The SMILES string of the molecule is CC1CCCC1NCc1ncnn1C. The van der Waals surface area contributed by atoms with Crippen molar-refractivity contribution in [3.8, 4) is 0 Å². The van der Waals surface area contributed by atoms with Crippen LogP contribution in [0.2, 0.25) is 0 Å². The van der Waals surface area contributed by atoms with Crippen LogP contribution in [0.15, 0.2) is 6.33 Å². The van der Waals surface area contributed by atoms with Gasteiger partial charge in [-0.3, -0.25) is 4.68 Å². The van der Waals surface area contributed by atoms with Crippen molar-refractivity contribution in [1.29, 1.82) is 0 Å². The van der Waals surface area contributed by atoms with Gasteiger partial charge in [0.05, 0.1) is 6.54 Å². The van der Waals surface area contributed by atoms with E-state index in [4.69, 9.17) is 0 Å². The molecule has 1 aromatic heterocycles. The van der Waals surface area contributed by atoms with E-state index in [2.05, 4.69) is 22.3 Å². The number of nitrogens with zero attached hydrogens (tertiary/aromatic N) is 3. The van der Waals surface area contributed by atoms with Crippen molar-refractivity contribution in [2.45, 2.75) is 38.8 Å². The molecule has 0 bridgehead atoms. The molecule has 4 nitrogen and oxygen atoms in total. The summed E-state index contributed by atoms with van der Waals surface area (Å²) in [6.45, 7) is 3.16. The average Bonchev–Trinajstić information content (AvgIpc) is 2.72. The highest BCUT2D eigenvalue weighted by molar-refractivity contribution is 4.86. The minimum absolute atomic E-state index is 0.673. The third kappa shape index (κ3) is 1.95. The molecule has 1 aromatic rings. The zero-order chi connectivity index (χ0) is 9.97. The Morgan fingerprint density at radius 2 is 2.43 bits per heavy atom. The molecule has 0 aromatic carbocycles. The first-order valence-electron chi connectivity index (χ1n) is 5.33. The van der Waals surface area contributed by atoms with E-state index >= 15 is 0 Å². The summed E-state index contributed by atoms with van der Waals surface area (Å²) in [5.74, 6) is 1.83. The fourth-order valence-electron chi connectivity index (χ4n) is 2.15. The number of aromatic nitrogens is 3. The number of hydrogen-bond donors (Lipinski definition) is 1. The molecular weight excluding hydrogens is 176 g/mol. The van der Waals surface area contributed by atoms with Gasteiger partial charge in [-0.2, -0.15) is 5.10 Å². The predicted octanol–water partition coefficient (Wildman–Crippen LogP) is 1.09. The van der Waals surface area contributed by atoms with Gasteiger partial charge in [-0.15, -0.1) is 0 Å². The molecule has 0 aliphatic heterocycles. The lowest BCUT2D eigenvalue weighted by Crippen LogP contribution is -2.31. The lowest BCUT2D eigenvalue weighted by atomic mass is 10.1. The third-order valence-electron chi connectivity index (χ3n) is 3.19. The summed E-state index contributed by atoms with van der Waals surface area (Å²) in [5.41, 5.74) is 0. The van der Waals surface area contributed by atoms with Crippen molar-refractivity contribution in [3.63, 3.8) is 0 Å².